The third-order valence-electron chi connectivity index (χ3n) is 2.39. The maximum Gasteiger partial charge on any atom is 0.291 e. The summed E-state index contributed by atoms with van der Waals surface area (Å²) >= 11 is 0. The fourth-order valence-corrected chi connectivity index (χ4v) is 3.02. The zero-order valence-electron chi connectivity index (χ0n) is 9.85. The lowest BCUT2D eigenvalue weighted by Gasteiger charge is -2.06. The molecule has 0 aliphatic carbocycles. The summed E-state index contributed by atoms with van der Waals surface area (Å²) in [7, 11) is -4.19. The third kappa shape index (κ3) is 2.15. The summed E-state index contributed by atoms with van der Waals surface area (Å²) in [5, 5.41) is 14.6. The molecule has 0 spiro atoms. The summed E-state index contributed by atoms with van der Waals surface area (Å²) < 4.78 is 25.2. The van der Waals surface area contributed by atoms with Crippen molar-refractivity contribution < 1.29 is 13.3 Å². The van der Waals surface area contributed by atoms with Crippen LogP contribution in [0.1, 0.15) is 5.69 Å². The molecule has 8 nitrogen and oxygen atoms in total. The number of hydrogen-bond acceptors (Lipinski definition) is 6. The standard InChI is InChI=1S/C10H10N4O4S/c1-7-6-10(11)13(12-7)19(17,18)9-5-3-2-4-8(9)14(15)16/h2-6H,11H2,1H3. The smallest absolute Gasteiger partial charge is 0.291 e. The molecule has 0 fully saturated rings. The summed E-state index contributed by atoms with van der Waals surface area (Å²) in [6.45, 7) is 1.57. The largest absolute Gasteiger partial charge is 0.383 e. The molecule has 0 saturated carbocycles. The van der Waals surface area contributed by atoms with Gasteiger partial charge < -0.3 is 5.73 Å². The quantitative estimate of drug-likeness (QED) is 0.659. The van der Waals surface area contributed by atoms with E-state index in [0.29, 0.717) is 9.78 Å². The molecular weight excluding hydrogens is 272 g/mol. The van der Waals surface area contributed by atoms with E-state index in [4.69, 9.17) is 5.73 Å². The molecule has 0 aliphatic heterocycles. The minimum atomic E-state index is -4.19. The number of nitrogens with zero attached hydrogens (tertiary/aromatic N) is 3. The molecule has 0 unspecified atom stereocenters. The molecule has 9 heteroatoms. The number of anilines is 1. The van der Waals surface area contributed by atoms with E-state index >= 15 is 0 Å². The molecule has 0 bridgehead atoms. The van der Waals surface area contributed by atoms with Crippen molar-refractivity contribution >= 4 is 21.5 Å². The lowest BCUT2D eigenvalue weighted by Crippen LogP contribution is -2.18. The van der Waals surface area contributed by atoms with Gasteiger partial charge in [-0.3, -0.25) is 10.1 Å². The van der Waals surface area contributed by atoms with Crippen LogP contribution in [0.5, 0.6) is 0 Å². The number of rotatable bonds is 3. The number of aryl methyl sites for hydroxylation is 1. The van der Waals surface area contributed by atoms with Gasteiger partial charge in [0.15, 0.2) is 4.90 Å². The van der Waals surface area contributed by atoms with E-state index in [1.165, 1.54) is 18.2 Å². The molecule has 2 aromatic rings. The average molecular weight is 282 g/mol. The molecule has 0 atom stereocenters. The number of nitro benzene ring substituents is 1. The molecular formula is C10H10N4O4S. The molecule has 2 N–H and O–H groups in total. The normalized spacial score (nSPS) is 11.4. The average Bonchev–Trinajstić information content (AvgIpc) is 2.69. The van der Waals surface area contributed by atoms with Crippen molar-refractivity contribution in [1.82, 2.24) is 9.19 Å². The Bertz CT molecular complexity index is 751. The van der Waals surface area contributed by atoms with Gasteiger partial charge in [-0.25, -0.2) is 0 Å². The summed E-state index contributed by atoms with van der Waals surface area (Å²) in [6, 6.07) is 6.40. The van der Waals surface area contributed by atoms with Gasteiger partial charge in [0, 0.05) is 12.1 Å². The van der Waals surface area contributed by atoms with Gasteiger partial charge in [0.2, 0.25) is 0 Å². The van der Waals surface area contributed by atoms with Crippen LogP contribution in [0.15, 0.2) is 35.2 Å². The van der Waals surface area contributed by atoms with Crippen molar-refractivity contribution in [3.63, 3.8) is 0 Å². The first kappa shape index (κ1) is 13.0. The second kappa shape index (κ2) is 4.35. The zero-order valence-corrected chi connectivity index (χ0v) is 10.7. The first-order valence-electron chi connectivity index (χ1n) is 5.15. The molecule has 100 valence electrons. The third-order valence-corrected chi connectivity index (χ3v) is 4.04. The molecule has 2 rings (SSSR count). The summed E-state index contributed by atoms with van der Waals surface area (Å²) in [6.07, 6.45) is 0. The van der Waals surface area contributed by atoms with Crippen LogP contribution < -0.4 is 5.73 Å². The number of nitro groups is 1. The highest BCUT2D eigenvalue weighted by Crippen LogP contribution is 2.26. The zero-order chi connectivity index (χ0) is 14.2. The topological polar surface area (TPSA) is 121 Å². The number of hydrogen-bond donors (Lipinski definition) is 1. The highest BCUT2D eigenvalue weighted by Gasteiger charge is 2.28. The van der Waals surface area contributed by atoms with Gasteiger partial charge in [-0.15, -0.1) is 4.09 Å². The van der Waals surface area contributed by atoms with Gasteiger partial charge in [-0.05, 0) is 13.0 Å². The number of benzene rings is 1. The molecule has 1 heterocycles. The molecule has 0 amide bonds. The SMILES string of the molecule is Cc1cc(N)n(S(=O)(=O)c2ccccc2[N+](=O)[O-])n1. The van der Waals surface area contributed by atoms with Crippen LogP contribution >= 0.6 is 0 Å². The second-order valence-electron chi connectivity index (χ2n) is 3.78. The van der Waals surface area contributed by atoms with Gasteiger partial charge in [0.05, 0.1) is 10.6 Å². The summed E-state index contributed by atoms with van der Waals surface area (Å²) in [4.78, 5) is 9.66. The monoisotopic (exact) mass is 282 g/mol. The van der Waals surface area contributed by atoms with E-state index in [1.807, 2.05) is 0 Å². The van der Waals surface area contributed by atoms with Crippen LogP contribution in [0.2, 0.25) is 0 Å². The van der Waals surface area contributed by atoms with Gasteiger partial charge in [0.25, 0.3) is 15.7 Å². The van der Waals surface area contributed by atoms with Crippen LogP contribution in [0.25, 0.3) is 0 Å². The Labute approximate surface area is 108 Å². The van der Waals surface area contributed by atoms with E-state index in [2.05, 4.69) is 5.10 Å². The molecule has 19 heavy (non-hydrogen) atoms. The molecule has 0 aliphatic rings. The minimum Gasteiger partial charge on any atom is -0.383 e. The van der Waals surface area contributed by atoms with Crippen molar-refractivity contribution in [2.75, 3.05) is 5.73 Å². The van der Waals surface area contributed by atoms with Gasteiger partial charge >= 0.3 is 0 Å². The van der Waals surface area contributed by atoms with Crippen molar-refractivity contribution in [2.45, 2.75) is 11.8 Å². The van der Waals surface area contributed by atoms with E-state index in [-0.39, 0.29) is 5.82 Å². The minimum absolute atomic E-state index is 0.101. The van der Waals surface area contributed by atoms with E-state index in [1.54, 1.807) is 6.92 Å². The molecule has 0 radical (unpaired) electrons. The Balaban J connectivity index is 2.71. The lowest BCUT2D eigenvalue weighted by atomic mass is 10.3. The van der Waals surface area contributed by atoms with Crippen molar-refractivity contribution in [3.05, 3.63) is 46.1 Å². The fraction of sp³-hybridized carbons (Fsp3) is 0.100. The van der Waals surface area contributed by atoms with Crippen molar-refractivity contribution in [1.29, 1.82) is 0 Å². The second-order valence-corrected chi connectivity index (χ2v) is 5.52. The van der Waals surface area contributed by atoms with Crippen LogP contribution in [0.4, 0.5) is 11.5 Å². The Morgan fingerprint density at radius 2 is 2.00 bits per heavy atom. The first-order valence-corrected chi connectivity index (χ1v) is 6.59. The lowest BCUT2D eigenvalue weighted by molar-refractivity contribution is -0.387. The van der Waals surface area contributed by atoms with E-state index in [0.717, 1.165) is 12.1 Å². The molecule has 0 saturated heterocycles. The van der Waals surface area contributed by atoms with Crippen LogP contribution in [-0.4, -0.2) is 22.5 Å². The fourth-order valence-electron chi connectivity index (χ4n) is 1.61. The van der Waals surface area contributed by atoms with Gasteiger partial charge in [-0.2, -0.15) is 13.5 Å². The van der Waals surface area contributed by atoms with Crippen LogP contribution in [0, 0.1) is 17.0 Å². The Morgan fingerprint density at radius 3 is 2.53 bits per heavy atom. The maximum atomic E-state index is 12.3. The van der Waals surface area contributed by atoms with E-state index in [9.17, 15) is 18.5 Å². The predicted molar refractivity (Wildman–Crippen MR) is 67.1 cm³/mol. The van der Waals surface area contributed by atoms with Crippen molar-refractivity contribution in [3.8, 4) is 0 Å². The Hall–Kier alpha value is -2.42. The number of nitrogens with two attached hydrogens (primary N) is 1. The molecule has 1 aromatic carbocycles. The van der Waals surface area contributed by atoms with Crippen LogP contribution in [0.3, 0.4) is 0 Å². The molecule has 1 aromatic heterocycles. The van der Waals surface area contributed by atoms with Crippen LogP contribution in [-0.2, 0) is 10.0 Å². The van der Waals surface area contributed by atoms with Gasteiger partial charge in [-0.1, -0.05) is 12.1 Å². The summed E-state index contributed by atoms with van der Waals surface area (Å²) in [5.74, 6) is -0.101. The summed E-state index contributed by atoms with van der Waals surface area (Å²) in [5.41, 5.74) is 5.43. The number of nitrogen functional groups attached to an aromatic ring is 1. The highest BCUT2D eigenvalue weighted by molar-refractivity contribution is 7.90. The maximum absolute atomic E-state index is 12.3. The van der Waals surface area contributed by atoms with Gasteiger partial charge in [0.1, 0.15) is 5.82 Å². The number of aromatic nitrogens is 2. The first-order chi connectivity index (χ1) is 8.84. The predicted octanol–water partition coefficient (Wildman–Crippen LogP) is 0.919. The highest BCUT2D eigenvalue weighted by atomic mass is 32.2. The Morgan fingerprint density at radius 1 is 1.37 bits per heavy atom. The van der Waals surface area contributed by atoms with Crippen molar-refractivity contribution in [2.24, 2.45) is 0 Å². The Kier molecular flexibility index (Phi) is 2.98. The number of para-hydroxylation sites is 1. The van der Waals surface area contributed by atoms with E-state index < -0.39 is 25.5 Å².